The smallest absolute Gasteiger partial charge is 0.267 e. The molecule has 4 heteroatoms. The van der Waals surface area contributed by atoms with Crippen LogP contribution in [0.3, 0.4) is 0 Å². The molecule has 0 spiro atoms. The van der Waals surface area contributed by atoms with Crippen molar-refractivity contribution in [1.82, 2.24) is 0 Å². The Morgan fingerprint density at radius 3 is 2.57 bits per heavy atom. The summed E-state index contributed by atoms with van der Waals surface area (Å²) < 4.78 is 0. The van der Waals surface area contributed by atoms with Crippen LogP contribution in [0.15, 0.2) is 76.3 Å². The van der Waals surface area contributed by atoms with E-state index >= 15 is 0 Å². The third kappa shape index (κ3) is 2.38. The fourth-order valence-electron chi connectivity index (χ4n) is 2.84. The first kappa shape index (κ1) is 13.6. The average molecular weight is 301 g/mol. The van der Waals surface area contributed by atoms with E-state index in [9.17, 15) is 4.79 Å². The average Bonchev–Trinajstić information content (AvgIpc) is 3.11. The van der Waals surface area contributed by atoms with E-state index < -0.39 is 0 Å². The molecule has 2 aliphatic rings. The molecule has 4 rings (SSSR count). The van der Waals surface area contributed by atoms with E-state index in [4.69, 9.17) is 0 Å². The minimum Gasteiger partial charge on any atom is -0.267 e. The summed E-state index contributed by atoms with van der Waals surface area (Å²) in [6.45, 7) is 1.86. The summed E-state index contributed by atoms with van der Waals surface area (Å²) in [4.78, 5) is 17.3. The topological polar surface area (TPSA) is 45.0 Å². The first-order valence-corrected chi connectivity index (χ1v) is 7.54. The first-order valence-electron chi connectivity index (χ1n) is 7.54. The van der Waals surface area contributed by atoms with Crippen LogP contribution in [0.25, 0.3) is 0 Å². The molecule has 0 aromatic heterocycles. The molecular weight excluding hydrogens is 286 g/mol. The highest BCUT2D eigenvalue weighted by Gasteiger charge is 2.29. The number of hydrazone groups is 1. The highest BCUT2D eigenvalue weighted by Crippen LogP contribution is 2.28. The van der Waals surface area contributed by atoms with E-state index in [1.807, 2.05) is 61.5 Å². The van der Waals surface area contributed by atoms with Crippen molar-refractivity contribution in [1.29, 1.82) is 0 Å². The van der Waals surface area contributed by atoms with Gasteiger partial charge >= 0.3 is 0 Å². The molecule has 4 nitrogen and oxygen atoms in total. The van der Waals surface area contributed by atoms with Crippen molar-refractivity contribution in [3.05, 3.63) is 71.8 Å². The van der Waals surface area contributed by atoms with E-state index in [2.05, 4.69) is 16.2 Å². The molecule has 0 aliphatic carbocycles. The van der Waals surface area contributed by atoms with Gasteiger partial charge < -0.3 is 0 Å². The molecule has 0 saturated carbocycles. The van der Waals surface area contributed by atoms with Gasteiger partial charge in [0.1, 0.15) is 0 Å². The Morgan fingerprint density at radius 1 is 1.04 bits per heavy atom. The van der Waals surface area contributed by atoms with Gasteiger partial charge in [-0.3, -0.25) is 9.79 Å². The van der Waals surface area contributed by atoms with Crippen LogP contribution in [0.5, 0.6) is 0 Å². The van der Waals surface area contributed by atoms with Crippen LogP contribution in [0, 0.1) is 0 Å². The third-order valence-electron chi connectivity index (χ3n) is 4.00. The fourth-order valence-corrected chi connectivity index (χ4v) is 2.84. The van der Waals surface area contributed by atoms with Crippen LogP contribution in [0.2, 0.25) is 0 Å². The maximum atomic E-state index is 12.7. The lowest BCUT2D eigenvalue weighted by Gasteiger charge is -2.10. The van der Waals surface area contributed by atoms with Crippen molar-refractivity contribution in [2.75, 3.05) is 5.01 Å². The second-order valence-electron chi connectivity index (χ2n) is 5.60. The number of benzene rings is 2. The number of hydrogen-bond donors (Lipinski definition) is 0. The zero-order chi connectivity index (χ0) is 15.8. The summed E-state index contributed by atoms with van der Waals surface area (Å²) >= 11 is 0. The second-order valence-corrected chi connectivity index (χ2v) is 5.60. The number of allylic oxidation sites excluding steroid dienone is 1. The van der Waals surface area contributed by atoms with E-state index in [0.717, 1.165) is 29.2 Å². The Hall–Kier alpha value is -3.01. The van der Waals surface area contributed by atoms with Gasteiger partial charge in [-0.15, -0.1) is 0 Å². The molecule has 23 heavy (non-hydrogen) atoms. The number of carbonyl (C=O) groups is 1. The van der Waals surface area contributed by atoms with Gasteiger partial charge in [-0.25, -0.2) is 0 Å². The van der Waals surface area contributed by atoms with Crippen molar-refractivity contribution in [2.45, 2.75) is 13.3 Å². The molecule has 1 amide bonds. The van der Waals surface area contributed by atoms with Gasteiger partial charge in [-0.05, 0) is 36.8 Å². The van der Waals surface area contributed by atoms with Crippen molar-refractivity contribution in [3.8, 4) is 0 Å². The Bertz CT molecular complexity index is 878. The number of rotatable bonds is 2. The van der Waals surface area contributed by atoms with Crippen LogP contribution in [-0.2, 0) is 11.2 Å². The Kier molecular flexibility index (Phi) is 3.15. The minimum absolute atomic E-state index is 0.104. The predicted octanol–water partition coefficient (Wildman–Crippen LogP) is 3.66. The maximum absolute atomic E-state index is 12.7. The maximum Gasteiger partial charge on any atom is 0.280 e. The van der Waals surface area contributed by atoms with Gasteiger partial charge in [0.05, 0.1) is 22.7 Å². The summed E-state index contributed by atoms with van der Waals surface area (Å²) in [5.41, 5.74) is 5.19. The quantitative estimate of drug-likeness (QED) is 0.781. The summed E-state index contributed by atoms with van der Waals surface area (Å²) in [5, 5.41) is 5.84. The number of amides is 1. The van der Waals surface area contributed by atoms with Gasteiger partial charge in [-0.1, -0.05) is 36.4 Å². The summed E-state index contributed by atoms with van der Waals surface area (Å²) in [6, 6.07) is 17.5. The predicted molar refractivity (Wildman–Crippen MR) is 92.4 cm³/mol. The summed E-state index contributed by atoms with van der Waals surface area (Å²) in [5.74, 6) is -0.104. The molecule has 0 bridgehead atoms. The number of para-hydroxylation sites is 2. The molecule has 2 aromatic rings. The molecule has 0 N–H and O–H groups in total. The summed E-state index contributed by atoms with van der Waals surface area (Å²) in [6.07, 6.45) is 2.62. The van der Waals surface area contributed by atoms with E-state index in [1.165, 1.54) is 10.6 Å². The number of anilines is 1. The van der Waals surface area contributed by atoms with Crippen molar-refractivity contribution in [3.63, 3.8) is 0 Å². The van der Waals surface area contributed by atoms with Crippen LogP contribution >= 0.6 is 0 Å². The highest BCUT2D eigenvalue weighted by atomic mass is 16.2. The van der Waals surface area contributed by atoms with Crippen molar-refractivity contribution < 1.29 is 4.79 Å². The monoisotopic (exact) mass is 301 g/mol. The van der Waals surface area contributed by atoms with E-state index in [0.29, 0.717) is 5.57 Å². The number of nitrogens with zero attached hydrogens (tertiary/aromatic N) is 3. The number of fused-ring (bicyclic) bond motifs is 1. The van der Waals surface area contributed by atoms with Crippen LogP contribution < -0.4 is 5.01 Å². The fraction of sp³-hybridized carbons (Fsp3) is 0.105. The van der Waals surface area contributed by atoms with E-state index in [1.54, 1.807) is 0 Å². The number of hydrogen-bond acceptors (Lipinski definition) is 3. The Balaban J connectivity index is 1.64. The zero-order valence-corrected chi connectivity index (χ0v) is 12.7. The molecule has 0 radical (unpaired) electrons. The van der Waals surface area contributed by atoms with Crippen molar-refractivity contribution >= 4 is 28.7 Å². The van der Waals surface area contributed by atoms with Crippen LogP contribution in [-0.4, -0.2) is 17.3 Å². The third-order valence-corrected chi connectivity index (χ3v) is 4.00. The molecule has 112 valence electrons. The van der Waals surface area contributed by atoms with Gasteiger partial charge in [0.25, 0.3) is 5.91 Å². The Labute approximate surface area is 134 Å². The van der Waals surface area contributed by atoms with Crippen LogP contribution in [0.4, 0.5) is 11.4 Å². The van der Waals surface area contributed by atoms with Gasteiger partial charge in [0.15, 0.2) is 0 Å². The molecule has 0 unspecified atom stereocenters. The molecule has 0 atom stereocenters. The molecule has 2 aromatic carbocycles. The van der Waals surface area contributed by atoms with E-state index in [-0.39, 0.29) is 5.91 Å². The largest absolute Gasteiger partial charge is 0.280 e. The Morgan fingerprint density at radius 2 is 1.78 bits per heavy atom. The minimum atomic E-state index is -0.104. The molecule has 2 heterocycles. The molecular formula is C19H15N3O. The first-order chi connectivity index (χ1) is 11.2. The molecule has 0 saturated heterocycles. The standard InChI is InChI=1S/C19H15N3O/c1-13-17(12-15-11-14-7-5-6-10-18(14)20-15)19(23)22(21-13)16-8-3-2-4-9-16/h2-10,12H,11H2,1H3/b17-12+. The molecule has 0 fully saturated rings. The number of aliphatic imine (C=N–C) groups is 1. The lowest BCUT2D eigenvalue weighted by molar-refractivity contribution is -0.114. The van der Waals surface area contributed by atoms with Gasteiger partial charge in [0, 0.05) is 12.1 Å². The lowest BCUT2D eigenvalue weighted by atomic mass is 10.1. The summed E-state index contributed by atoms with van der Waals surface area (Å²) in [7, 11) is 0. The number of carbonyl (C=O) groups excluding carboxylic acids is 1. The van der Waals surface area contributed by atoms with Crippen LogP contribution in [0.1, 0.15) is 12.5 Å². The van der Waals surface area contributed by atoms with Crippen molar-refractivity contribution in [2.24, 2.45) is 10.1 Å². The second kappa shape index (κ2) is 5.32. The normalized spacial score (nSPS) is 18.2. The van der Waals surface area contributed by atoms with Gasteiger partial charge in [0.2, 0.25) is 0 Å². The molecule has 2 aliphatic heterocycles. The zero-order valence-electron chi connectivity index (χ0n) is 12.7. The van der Waals surface area contributed by atoms with Gasteiger partial charge in [-0.2, -0.15) is 10.1 Å². The highest BCUT2D eigenvalue weighted by molar-refractivity contribution is 6.32. The SMILES string of the molecule is CC1=NN(c2ccccc2)C(=O)/C1=C/C1=Nc2ccccc2C1. The lowest BCUT2D eigenvalue weighted by Crippen LogP contribution is -2.21.